The van der Waals surface area contributed by atoms with Crippen LogP contribution in [0.1, 0.15) is 39.2 Å². The van der Waals surface area contributed by atoms with Gasteiger partial charge in [0.25, 0.3) is 0 Å². The van der Waals surface area contributed by atoms with Gasteiger partial charge in [-0.3, -0.25) is 4.99 Å². The molecule has 0 radical (unpaired) electrons. The summed E-state index contributed by atoms with van der Waals surface area (Å²) in [5.41, 5.74) is 1.14. The maximum atomic E-state index is 9.21. The third kappa shape index (κ3) is 9.08. The Kier molecular flexibility index (Phi) is 10.4. The summed E-state index contributed by atoms with van der Waals surface area (Å²) < 4.78 is 0. The Balaban J connectivity index is 2.49. The molecule has 5 nitrogen and oxygen atoms in total. The van der Waals surface area contributed by atoms with Crippen molar-refractivity contribution in [1.29, 1.82) is 0 Å². The quantitative estimate of drug-likeness (QED) is 0.343. The van der Waals surface area contributed by atoms with Gasteiger partial charge in [0.1, 0.15) is 5.15 Å². The fourth-order valence-electron chi connectivity index (χ4n) is 2.57. The SMILES string of the molecule is CCNC(=NCC(CCO)CC(C)C)NCCc1ccc(Cl)nc1. The van der Waals surface area contributed by atoms with E-state index in [2.05, 4.69) is 41.4 Å². The van der Waals surface area contributed by atoms with Gasteiger partial charge in [-0.05, 0) is 49.7 Å². The average molecular weight is 355 g/mol. The van der Waals surface area contributed by atoms with Crippen LogP contribution in [0.25, 0.3) is 0 Å². The van der Waals surface area contributed by atoms with Gasteiger partial charge in [0.15, 0.2) is 5.96 Å². The largest absolute Gasteiger partial charge is 0.396 e. The lowest BCUT2D eigenvalue weighted by molar-refractivity contribution is 0.245. The van der Waals surface area contributed by atoms with Gasteiger partial charge in [-0.1, -0.05) is 31.5 Å². The standard InChI is InChI=1S/C18H31ClN4O/c1-4-20-18(23-13-16(8-10-24)11-14(2)3)21-9-7-15-5-6-17(19)22-12-15/h5-6,12,14,16,24H,4,7-11,13H2,1-3H3,(H2,20,21,23). The molecule has 0 spiro atoms. The predicted octanol–water partition coefficient (Wildman–Crippen LogP) is 2.88. The molecule has 1 rings (SSSR count). The molecule has 0 amide bonds. The molecule has 24 heavy (non-hydrogen) atoms. The number of pyridine rings is 1. The number of aliphatic imine (C=N–C) groups is 1. The minimum Gasteiger partial charge on any atom is -0.396 e. The third-order valence-corrected chi connectivity index (χ3v) is 3.91. The maximum Gasteiger partial charge on any atom is 0.191 e. The number of hydrogen-bond acceptors (Lipinski definition) is 3. The number of aromatic nitrogens is 1. The number of nitrogens with one attached hydrogen (secondary N) is 2. The molecule has 0 saturated carbocycles. The molecule has 0 saturated heterocycles. The molecule has 1 aromatic heterocycles. The lowest BCUT2D eigenvalue weighted by Gasteiger charge is -2.17. The van der Waals surface area contributed by atoms with E-state index in [0.717, 1.165) is 50.4 Å². The molecule has 0 aromatic carbocycles. The van der Waals surface area contributed by atoms with Gasteiger partial charge in [0.05, 0.1) is 0 Å². The van der Waals surface area contributed by atoms with Crippen LogP contribution in [-0.2, 0) is 6.42 Å². The highest BCUT2D eigenvalue weighted by molar-refractivity contribution is 6.29. The molecule has 1 heterocycles. The first-order valence-electron chi connectivity index (χ1n) is 8.78. The van der Waals surface area contributed by atoms with Crippen LogP contribution in [0.15, 0.2) is 23.3 Å². The van der Waals surface area contributed by atoms with Crippen molar-refractivity contribution in [3.8, 4) is 0 Å². The molecule has 0 aliphatic carbocycles. The van der Waals surface area contributed by atoms with E-state index in [1.807, 2.05) is 12.1 Å². The molecule has 0 bridgehead atoms. The molecule has 1 aromatic rings. The number of hydrogen-bond donors (Lipinski definition) is 3. The van der Waals surface area contributed by atoms with Gasteiger partial charge in [-0.25, -0.2) is 4.98 Å². The van der Waals surface area contributed by atoms with Crippen molar-refractivity contribution < 1.29 is 5.11 Å². The highest BCUT2D eigenvalue weighted by atomic mass is 35.5. The van der Waals surface area contributed by atoms with E-state index in [4.69, 9.17) is 11.6 Å². The van der Waals surface area contributed by atoms with Gasteiger partial charge in [-0.15, -0.1) is 0 Å². The molecule has 3 N–H and O–H groups in total. The lowest BCUT2D eigenvalue weighted by Crippen LogP contribution is -2.38. The minimum atomic E-state index is 0.223. The second kappa shape index (κ2) is 12.1. The maximum absolute atomic E-state index is 9.21. The first-order valence-corrected chi connectivity index (χ1v) is 9.16. The summed E-state index contributed by atoms with van der Waals surface area (Å²) in [5.74, 6) is 1.86. The van der Waals surface area contributed by atoms with Gasteiger partial charge in [0.2, 0.25) is 0 Å². The molecule has 1 atom stereocenters. The van der Waals surface area contributed by atoms with Crippen molar-refractivity contribution in [3.05, 3.63) is 29.0 Å². The third-order valence-electron chi connectivity index (χ3n) is 3.69. The Hall–Kier alpha value is -1.33. The van der Waals surface area contributed by atoms with E-state index in [1.54, 1.807) is 6.20 Å². The predicted molar refractivity (Wildman–Crippen MR) is 102 cm³/mol. The molecule has 0 aliphatic rings. The molecule has 1 unspecified atom stereocenters. The van der Waals surface area contributed by atoms with Gasteiger partial charge in [0, 0.05) is 32.4 Å². The van der Waals surface area contributed by atoms with Gasteiger partial charge < -0.3 is 15.7 Å². The van der Waals surface area contributed by atoms with Crippen LogP contribution in [0.3, 0.4) is 0 Å². The second-order valence-corrected chi connectivity index (χ2v) is 6.78. The molecule has 136 valence electrons. The summed E-state index contributed by atoms with van der Waals surface area (Å²) in [6.07, 6.45) is 4.55. The van der Waals surface area contributed by atoms with Crippen molar-refractivity contribution in [3.63, 3.8) is 0 Å². The van der Waals surface area contributed by atoms with Crippen LogP contribution in [0.2, 0.25) is 5.15 Å². The van der Waals surface area contributed by atoms with E-state index in [1.165, 1.54) is 0 Å². The second-order valence-electron chi connectivity index (χ2n) is 6.39. The summed E-state index contributed by atoms with van der Waals surface area (Å²) in [4.78, 5) is 8.77. The van der Waals surface area contributed by atoms with Gasteiger partial charge >= 0.3 is 0 Å². The molecule has 0 aliphatic heterocycles. The van der Waals surface area contributed by atoms with E-state index < -0.39 is 0 Å². The Morgan fingerprint density at radius 2 is 2.12 bits per heavy atom. The minimum absolute atomic E-state index is 0.223. The number of aliphatic hydroxyl groups excluding tert-OH is 1. The van der Waals surface area contributed by atoms with Crippen LogP contribution >= 0.6 is 11.6 Å². The zero-order valence-corrected chi connectivity index (χ0v) is 15.8. The number of aliphatic hydroxyl groups is 1. The van der Waals surface area contributed by atoms with Crippen LogP contribution in [0.4, 0.5) is 0 Å². The summed E-state index contributed by atoms with van der Waals surface area (Å²) in [7, 11) is 0. The van der Waals surface area contributed by atoms with Crippen LogP contribution < -0.4 is 10.6 Å². The Morgan fingerprint density at radius 3 is 2.71 bits per heavy atom. The molecule has 0 fully saturated rings. The van der Waals surface area contributed by atoms with Crippen LogP contribution in [-0.4, -0.2) is 42.3 Å². The van der Waals surface area contributed by atoms with E-state index in [-0.39, 0.29) is 6.61 Å². The van der Waals surface area contributed by atoms with Crippen LogP contribution in [0, 0.1) is 11.8 Å². The molecular weight excluding hydrogens is 324 g/mol. The summed E-state index contributed by atoms with van der Waals surface area (Å²) in [5, 5.41) is 16.3. The van der Waals surface area contributed by atoms with Crippen molar-refractivity contribution in [2.24, 2.45) is 16.8 Å². The molecule has 6 heteroatoms. The molecular formula is C18H31ClN4O. The van der Waals surface area contributed by atoms with Crippen molar-refractivity contribution in [2.45, 2.75) is 40.0 Å². The number of halogens is 1. The fourth-order valence-corrected chi connectivity index (χ4v) is 2.69. The van der Waals surface area contributed by atoms with Crippen molar-refractivity contribution >= 4 is 17.6 Å². The van der Waals surface area contributed by atoms with E-state index >= 15 is 0 Å². The smallest absolute Gasteiger partial charge is 0.191 e. The lowest BCUT2D eigenvalue weighted by atomic mass is 9.94. The normalized spacial score (nSPS) is 13.2. The van der Waals surface area contributed by atoms with Crippen LogP contribution in [0.5, 0.6) is 0 Å². The first kappa shape index (κ1) is 20.7. The fraction of sp³-hybridized carbons (Fsp3) is 0.667. The number of rotatable bonds is 10. The zero-order chi connectivity index (χ0) is 17.8. The van der Waals surface area contributed by atoms with Crippen molar-refractivity contribution in [1.82, 2.24) is 15.6 Å². The Morgan fingerprint density at radius 1 is 1.33 bits per heavy atom. The van der Waals surface area contributed by atoms with E-state index in [9.17, 15) is 5.11 Å². The number of guanidine groups is 1. The average Bonchev–Trinajstić information content (AvgIpc) is 2.54. The first-order chi connectivity index (χ1) is 11.5. The summed E-state index contributed by atoms with van der Waals surface area (Å²) in [6.45, 7) is 9.03. The topological polar surface area (TPSA) is 69.5 Å². The Labute approximate surface area is 150 Å². The highest BCUT2D eigenvalue weighted by Crippen LogP contribution is 2.15. The monoisotopic (exact) mass is 354 g/mol. The zero-order valence-electron chi connectivity index (χ0n) is 15.1. The van der Waals surface area contributed by atoms with E-state index in [0.29, 0.717) is 17.0 Å². The Bertz CT molecular complexity index is 476. The highest BCUT2D eigenvalue weighted by Gasteiger charge is 2.10. The van der Waals surface area contributed by atoms with Gasteiger partial charge in [-0.2, -0.15) is 0 Å². The van der Waals surface area contributed by atoms with Crippen molar-refractivity contribution in [2.75, 3.05) is 26.2 Å². The number of nitrogens with zero attached hydrogens (tertiary/aromatic N) is 2. The summed E-state index contributed by atoms with van der Waals surface area (Å²) >= 11 is 5.80. The summed E-state index contributed by atoms with van der Waals surface area (Å²) in [6, 6.07) is 3.79.